The molecule has 2 amide bonds. The minimum absolute atomic E-state index is 0.545. The normalized spacial score (nSPS) is 15.4. The number of aryl methyl sites for hydroxylation is 1. The fraction of sp³-hybridized carbons (Fsp3) is 0.556. The lowest BCUT2D eigenvalue weighted by Gasteiger charge is -2.21. The molecule has 1 aromatic rings. The minimum atomic E-state index is -0.586. The summed E-state index contributed by atoms with van der Waals surface area (Å²) in [5, 5.41) is 5.42. The monoisotopic (exact) mass is 302 g/mol. The predicted molar refractivity (Wildman–Crippen MR) is 88.7 cm³/mol. The number of amides is 2. The maximum absolute atomic E-state index is 11.9. The first-order chi connectivity index (χ1) is 10.6. The Hall–Kier alpha value is -1.84. The number of nitrogens with one attached hydrogen (secondary N) is 2. The van der Waals surface area contributed by atoms with E-state index in [-0.39, 0.29) is 0 Å². The van der Waals surface area contributed by atoms with Gasteiger partial charge in [0, 0.05) is 12.2 Å². The summed E-state index contributed by atoms with van der Waals surface area (Å²) < 4.78 is 0. The molecule has 0 saturated heterocycles. The molecule has 0 radical (unpaired) electrons. The van der Waals surface area contributed by atoms with E-state index in [2.05, 4.69) is 10.6 Å². The van der Waals surface area contributed by atoms with Crippen LogP contribution >= 0.6 is 0 Å². The molecule has 22 heavy (non-hydrogen) atoms. The van der Waals surface area contributed by atoms with Gasteiger partial charge in [-0.3, -0.25) is 9.59 Å². The SMILES string of the molecule is Cc1cccc(NC(=O)C(=O)NCCC2CCCCC2)c1C. The van der Waals surface area contributed by atoms with Gasteiger partial charge in [-0.05, 0) is 43.4 Å². The average molecular weight is 302 g/mol. The van der Waals surface area contributed by atoms with Crippen LogP contribution in [-0.2, 0) is 9.59 Å². The molecule has 4 heteroatoms. The van der Waals surface area contributed by atoms with Crippen molar-refractivity contribution in [2.75, 3.05) is 11.9 Å². The summed E-state index contributed by atoms with van der Waals surface area (Å²) in [6.45, 7) is 4.50. The van der Waals surface area contributed by atoms with Gasteiger partial charge in [0.25, 0.3) is 0 Å². The van der Waals surface area contributed by atoms with Crippen molar-refractivity contribution in [3.05, 3.63) is 29.3 Å². The lowest BCUT2D eigenvalue weighted by atomic mass is 9.87. The lowest BCUT2D eigenvalue weighted by Crippen LogP contribution is -2.36. The quantitative estimate of drug-likeness (QED) is 0.838. The Balaban J connectivity index is 1.77. The van der Waals surface area contributed by atoms with Crippen LogP contribution in [0.2, 0.25) is 0 Å². The molecule has 120 valence electrons. The Morgan fingerprint density at radius 3 is 2.55 bits per heavy atom. The smallest absolute Gasteiger partial charge is 0.313 e. The van der Waals surface area contributed by atoms with E-state index in [9.17, 15) is 9.59 Å². The third kappa shape index (κ3) is 4.58. The van der Waals surface area contributed by atoms with Gasteiger partial charge in [-0.25, -0.2) is 0 Å². The molecule has 1 aliphatic carbocycles. The number of hydrogen-bond acceptors (Lipinski definition) is 2. The highest BCUT2D eigenvalue weighted by Crippen LogP contribution is 2.25. The number of rotatable bonds is 4. The summed E-state index contributed by atoms with van der Waals surface area (Å²) in [6.07, 6.45) is 7.41. The zero-order chi connectivity index (χ0) is 15.9. The molecule has 0 unspecified atom stereocenters. The summed E-state index contributed by atoms with van der Waals surface area (Å²) in [5.41, 5.74) is 2.79. The zero-order valence-electron chi connectivity index (χ0n) is 13.6. The molecule has 1 aliphatic rings. The van der Waals surface area contributed by atoms with Crippen molar-refractivity contribution >= 4 is 17.5 Å². The fourth-order valence-electron chi connectivity index (χ4n) is 3.01. The van der Waals surface area contributed by atoms with Gasteiger partial charge in [0.1, 0.15) is 0 Å². The molecule has 4 nitrogen and oxygen atoms in total. The van der Waals surface area contributed by atoms with Gasteiger partial charge < -0.3 is 10.6 Å². The second-order valence-corrected chi connectivity index (χ2v) is 6.25. The summed E-state index contributed by atoms with van der Waals surface area (Å²) in [6, 6.07) is 5.67. The van der Waals surface area contributed by atoms with Crippen LogP contribution in [0, 0.1) is 19.8 Å². The van der Waals surface area contributed by atoms with Gasteiger partial charge in [0.2, 0.25) is 0 Å². The summed E-state index contributed by atoms with van der Waals surface area (Å²) >= 11 is 0. The molecular weight excluding hydrogens is 276 g/mol. The molecular formula is C18H26N2O2. The van der Waals surface area contributed by atoms with Gasteiger partial charge in [0.05, 0.1) is 0 Å². The minimum Gasteiger partial charge on any atom is -0.348 e. The predicted octanol–water partition coefficient (Wildman–Crippen LogP) is 3.33. The van der Waals surface area contributed by atoms with Gasteiger partial charge in [-0.15, -0.1) is 0 Å². The first-order valence-electron chi connectivity index (χ1n) is 8.23. The fourth-order valence-corrected chi connectivity index (χ4v) is 3.01. The van der Waals surface area contributed by atoms with Crippen molar-refractivity contribution in [1.29, 1.82) is 0 Å². The number of benzene rings is 1. The van der Waals surface area contributed by atoms with Crippen LogP contribution in [-0.4, -0.2) is 18.4 Å². The maximum atomic E-state index is 11.9. The molecule has 0 spiro atoms. The van der Waals surface area contributed by atoms with Crippen LogP contribution in [0.1, 0.15) is 49.7 Å². The Labute approximate surface area is 132 Å². The number of hydrogen-bond donors (Lipinski definition) is 2. The topological polar surface area (TPSA) is 58.2 Å². The molecule has 1 saturated carbocycles. The van der Waals surface area contributed by atoms with Crippen molar-refractivity contribution in [3.63, 3.8) is 0 Å². The molecule has 0 atom stereocenters. The molecule has 0 bridgehead atoms. The van der Waals surface area contributed by atoms with Crippen LogP contribution in [0.25, 0.3) is 0 Å². The summed E-state index contributed by atoms with van der Waals surface area (Å²) in [4.78, 5) is 23.8. The van der Waals surface area contributed by atoms with E-state index in [1.54, 1.807) is 0 Å². The molecule has 1 aromatic carbocycles. The second-order valence-electron chi connectivity index (χ2n) is 6.25. The molecule has 0 aromatic heterocycles. The van der Waals surface area contributed by atoms with Gasteiger partial charge in [0.15, 0.2) is 0 Å². The standard InChI is InChI=1S/C18H26N2O2/c1-13-7-6-10-16(14(13)2)20-18(22)17(21)19-12-11-15-8-4-3-5-9-15/h6-7,10,15H,3-5,8-9,11-12H2,1-2H3,(H,19,21)(H,20,22). The van der Waals surface area contributed by atoms with Crippen LogP contribution in [0.3, 0.4) is 0 Å². The van der Waals surface area contributed by atoms with E-state index in [0.29, 0.717) is 18.2 Å². The van der Waals surface area contributed by atoms with Gasteiger partial charge >= 0.3 is 11.8 Å². The Bertz CT molecular complexity index is 534. The van der Waals surface area contributed by atoms with Crippen molar-refractivity contribution in [2.45, 2.75) is 52.4 Å². The first-order valence-corrected chi connectivity index (χ1v) is 8.23. The van der Waals surface area contributed by atoms with Crippen molar-refractivity contribution in [2.24, 2.45) is 5.92 Å². The zero-order valence-corrected chi connectivity index (χ0v) is 13.6. The van der Waals surface area contributed by atoms with Crippen molar-refractivity contribution in [1.82, 2.24) is 5.32 Å². The third-order valence-electron chi connectivity index (χ3n) is 4.62. The van der Waals surface area contributed by atoms with E-state index in [1.165, 1.54) is 32.1 Å². The van der Waals surface area contributed by atoms with E-state index in [1.807, 2.05) is 32.0 Å². The molecule has 2 rings (SSSR count). The van der Waals surface area contributed by atoms with Crippen LogP contribution in [0.15, 0.2) is 18.2 Å². The van der Waals surface area contributed by atoms with Gasteiger partial charge in [-0.1, -0.05) is 44.2 Å². The summed E-state index contributed by atoms with van der Waals surface area (Å²) in [5.74, 6) is -0.426. The Kier molecular flexibility index (Phi) is 5.99. The van der Waals surface area contributed by atoms with E-state index >= 15 is 0 Å². The van der Waals surface area contributed by atoms with Crippen LogP contribution in [0.4, 0.5) is 5.69 Å². The van der Waals surface area contributed by atoms with E-state index in [0.717, 1.165) is 17.5 Å². The highest BCUT2D eigenvalue weighted by atomic mass is 16.2. The molecule has 2 N–H and O–H groups in total. The third-order valence-corrected chi connectivity index (χ3v) is 4.62. The second kappa shape index (κ2) is 7.97. The van der Waals surface area contributed by atoms with Gasteiger partial charge in [-0.2, -0.15) is 0 Å². The summed E-state index contributed by atoms with van der Waals surface area (Å²) in [7, 11) is 0. The number of carbonyl (C=O) groups excluding carboxylic acids is 2. The van der Waals surface area contributed by atoms with E-state index < -0.39 is 11.8 Å². The Morgan fingerprint density at radius 2 is 1.82 bits per heavy atom. The number of carbonyl (C=O) groups is 2. The Morgan fingerprint density at radius 1 is 1.09 bits per heavy atom. The molecule has 1 fully saturated rings. The first kappa shape index (κ1) is 16.5. The molecule has 0 heterocycles. The van der Waals surface area contributed by atoms with Crippen molar-refractivity contribution < 1.29 is 9.59 Å². The number of anilines is 1. The molecule has 0 aliphatic heterocycles. The van der Waals surface area contributed by atoms with E-state index in [4.69, 9.17) is 0 Å². The maximum Gasteiger partial charge on any atom is 0.313 e. The highest BCUT2D eigenvalue weighted by Gasteiger charge is 2.17. The van der Waals surface area contributed by atoms with Crippen LogP contribution < -0.4 is 10.6 Å². The van der Waals surface area contributed by atoms with Crippen molar-refractivity contribution in [3.8, 4) is 0 Å². The van der Waals surface area contributed by atoms with Crippen LogP contribution in [0.5, 0.6) is 0 Å². The highest BCUT2D eigenvalue weighted by molar-refractivity contribution is 6.39. The largest absolute Gasteiger partial charge is 0.348 e. The lowest BCUT2D eigenvalue weighted by molar-refractivity contribution is -0.136. The average Bonchev–Trinajstić information content (AvgIpc) is 2.52.